The van der Waals surface area contributed by atoms with Gasteiger partial charge >= 0.3 is 0 Å². The van der Waals surface area contributed by atoms with Gasteiger partial charge in [0.05, 0.1) is 0 Å². The van der Waals surface area contributed by atoms with E-state index < -0.39 is 0 Å². The molecular weight excluding hydrogens is 382 g/mol. The van der Waals surface area contributed by atoms with Crippen LogP contribution in [0.3, 0.4) is 0 Å². The number of likely N-dealkylation sites (tertiary alicyclic amines) is 2. The van der Waals surface area contributed by atoms with E-state index in [0.717, 1.165) is 17.4 Å². The molecule has 0 aromatic carbocycles. The Morgan fingerprint density at radius 2 is 1.61 bits per heavy atom. The lowest BCUT2D eigenvalue weighted by Gasteiger charge is -2.58. The number of anilines is 1. The summed E-state index contributed by atoms with van der Waals surface area (Å²) >= 11 is 0. The minimum Gasteiger partial charge on any atom is -0.332 e. The number of hydrogen-bond donors (Lipinski definition) is 0. The fraction of sp³-hybridized carbons (Fsp3) is 0.846. The minimum atomic E-state index is 0.600. The van der Waals surface area contributed by atoms with Crippen LogP contribution in [0.25, 0.3) is 0 Å². The van der Waals surface area contributed by atoms with Crippen molar-refractivity contribution in [3.05, 3.63) is 18.0 Å². The van der Waals surface area contributed by atoms with Gasteiger partial charge in [-0.15, -0.1) is 0 Å². The van der Waals surface area contributed by atoms with Crippen molar-refractivity contribution < 1.29 is 0 Å². The molecule has 3 aliphatic heterocycles. The van der Waals surface area contributed by atoms with Crippen LogP contribution in [-0.2, 0) is 0 Å². The lowest BCUT2D eigenvalue weighted by atomic mass is 9.53. The summed E-state index contributed by atoms with van der Waals surface area (Å²) in [6.07, 6.45) is 18.2. The normalized spacial score (nSPS) is 32.8. The Hall–Kier alpha value is -1.20. The van der Waals surface area contributed by atoms with Gasteiger partial charge in [-0.2, -0.15) is 0 Å². The predicted octanol–water partition coefficient (Wildman–Crippen LogP) is 4.44. The molecule has 5 fully saturated rings. The van der Waals surface area contributed by atoms with Crippen LogP contribution in [0.5, 0.6) is 0 Å². The highest BCUT2D eigenvalue weighted by Gasteiger charge is 2.50. The second-order valence-electron chi connectivity index (χ2n) is 11.5. The standard InChI is InChI=1S/C26H41N5/c1-3-19(2)30-17-22-5-6-23(18-30)31(22)25-27-15-21(16-28-25)20-7-11-29(12-8-20)24-13-26(14-24)9-4-10-26/h15-16,19-20,22-24H,3-14,17-18H2,1-2H3. The van der Waals surface area contributed by atoms with E-state index in [4.69, 9.17) is 9.97 Å². The van der Waals surface area contributed by atoms with Crippen LogP contribution >= 0.6 is 0 Å². The average Bonchev–Trinajstić information content (AvgIpc) is 3.01. The first kappa shape index (κ1) is 20.4. The molecule has 0 amide bonds. The molecule has 3 atom stereocenters. The van der Waals surface area contributed by atoms with Gasteiger partial charge in [0.1, 0.15) is 0 Å². The molecule has 5 aliphatic rings. The highest BCUT2D eigenvalue weighted by molar-refractivity contribution is 5.38. The van der Waals surface area contributed by atoms with E-state index in [1.54, 1.807) is 0 Å². The molecule has 3 saturated heterocycles. The molecule has 0 N–H and O–H groups in total. The zero-order valence-corrected chi connectivity index (χ0v) is 19.7. The molecule has 4 heterocycles. The fourth-order valence-corrected chi connectivity index (χ4v) is 7.44. The van der Waals surface area contributed by atoms with Crippen molar-refractivity contribution in [3.63, 3.8) is 0 Å². The molecule has 2 saturated carbocycles. The minimum absolute atomic E-state index is 0.600. The first-order valence-electron chi connectivity index (χ1n) is 13.2. The molecular formula is C26H41N5. The van der Waals surface area contributed by atoms with Crippen molar-refractivity contribution in [3.8, 4) is 0 Å². The Morgan fingerprint density at radius 1 is 0.968 bits per heavy atom. The Labute approximate surface area is 188 Å². The predicted molar refractivity (Wildman–Crippen MR) is 126 cm³/mol. The van der Waals surface area contributed by atoms with Gasteiger partial charge in [0, 0.05) is 49.7 Å². The largest absolute Gasteiger partial charge is 0.332 e. The van der Waals surface area contributed by atoms with E-state index in [0.29, 0.717) is 24.0 Å². The second-order valence-corrected chi connectivity index (χ2v) is 11.5. The highest BCUT2D eigenvalue weighted by atomic mass is 15.4. The summed E-state index contributed by atoms with van der Waals surface area (Å²) in [5, 5.41) is 0. The molecule has 5 heteroatoms. The number of rotatable bonds is 5. The molecule has 31 heavy (non-hydrogen) atoms. The average molecular weight is 424 g/mol. The van der Waals surface area contributed by atoms with Gasteiger partial charge in [-0.25, -0.2) is 9.97 Å². The Kier molecular flexibility index (Phi) is 5.26. The van der Waals surface area contributed by atoms with Crippen LogP contribution < -0.4 is 4.90 Å². The van der Waals surface area contributed by atoms with Crippen molar-refractivity contribution >= 4 is 5.95 Å². The summed E-state index contributed by atoms with van der Waals surface area (Å²) in [6, 6.07) is 2.79. The number of hydrogen-bond acceptors (Lipinski definition) is 5. The van der Waals surface area contributed by atoms with E-state index in [2.05, 4.69) is 40.9 Å². The van der Waals surface area contributed by atoms with E-state index in [-0.39, 0.29) is 0 Å². The van der Waals surface area contributed by atoms with Gasteiger partial charge in [0.25, 0.3) is 0 Å². The monoisotopic (exact) mass is 423 g/mol. The molecule has 0 radical (unpaired) electrons. The number of aromatic nitrogens is 2. The molecule has 6 rings (SSSR count). The lowest BCUT2D eigenvalue weighted by Crippen LogP contribution is -2.56. The van der Waals surface area contributed by atoms with Gasteiger partial charge in [0.2, 0.25) is 5.95 Å². The van der Waals surface area contributed by atoms with Crippen LogP contribution in [0.2, 0.25) is 0 Å². The number of nitrogens with zero attached hydrogens (tertiary/aromatic N) is 5. The van der Waals surface area contributed by atoms with Crippen LogP contribution in [0, 0.1) is 5.41 Å². The third-order valence-corrected chi connectivity index (χ3v) is 9.88. The van der Waals surface area contributed by atoms with E-state index in [9.17, 15) is 0 Å². The molecule has 1 aromatic heterocycles. The topological polar surface area (TPSA) is 35.5 Å². The molecule has 1 aromatic rings. The van der Waals surface area contributed by atoms with Gasteiger partial charge in [0.15, 0.2) is 0 Å². The zero-order chi connectivity index (χ0) is 21.0. The fourth-order valence-electron chi connectivity index (χ4n) is 7.44. The molecule has 2 aliphatic carbocycles. The zero-order valence-electron chi connectivity index (χ0n) is 19.7. The van der Waals surface area contributed by atoms with Gasteiger partial charge in [-0.1, -0.05) is 13.3 Å². The van der Waals surface area contributed by atoms with Gasteiger partial charge < -0.3 is 9.80 Å². The van der Waals surface area contributed by atoms with E-state index in [1.165, 1.54) is 96.0 Å². The summed E-state index contributed by atoms with van der Waals surface area (Å²) in [6.45, 7) is 9.59. The lowest BCUT2D eigenvalue weighted by molar-refractivity contribution is -0.0611. The Morgan fingerprint density at radius 3 is 2.16 bits per heavy atom. The summed E-state index contributed by atoms with van der Waals surface area (Å²) in [5.41, 5.74) is 2.17. The maximum Gasteiger partial charge on any atom is 0.225 e. The molecule has 170 valence electrons. The summed E-state index contributed by atoms with van der Waals surface area (Å²) in [4.78, 5) is 17.9. The summed E-state index contributed by atoms with van der Waals surface area (Å²) in [7, 11) is 0. The van der Waals surface area contributed by atoms with Crippen molar-refractivity contribution in [1.29, 1.82) is 0 Å². The number of fused-ring (bicyclic) bond motifs is 2. The number of piperidine rings is 1. The maximum atomic E-state index is 4.91. The van der Waals surface area contributed by atoms with E-state index in [1.807, 2.05) is 0 Å². The third kappa shape index (κ3) is 3.60. The Bertz CT molecular complexity index is 745. The van der Waals surface area contributed by atoms with Crippen LogP contribution in [-0.4, -0.2) is 70.1 Å². The van der Waals surface area contributed by atoms with Crippen LogP contribution in [0.15, 0.2) is 12.4 Å². The van der Waals surface area contributed by atoms with Crippen LogP contribution in [0.1, 0.15) is 89.5 Å². The molecule has 5 nitrogen and oxygen atoms in total. The molecule has 3 unspecified atom stereocenters. The number of piperazine rings is 1. The maximum absolute atomic E-state index is 4.91. The highest BCUT2D eigenvalue weighted by Crippen LogP contribution is 2.57. The van der Waals surface area contributed by atoms with Gasteiger partial charge in [-0.05, 0) is 94.7 Å². The van der Waals surface area contributed by atoms with Crippen LogP contribution in [0.4, 0.5) is 5.95 Å². The smallest absolute Gasteiger partial charge is 0.225 e. The van der Waals surface area contributed by atoms with Crippen molar-refractivity contribution in [2.24, 2.45) is 5.41 Å². The quantitative estimate of drug-likeness (QED) is 0.700. The second kappa shape index (κ2) is 7.98. The molecule has 1 spiro atoms. The van der Waals surface area contributed by atoms with E-state index >= 15 is 0 Å². The Balaban J connectivity index is 1.05. The molecule has 2 bridgehead atoms. The van der Waals surface area contributed by atoms with Crippen molar-refractivity contribution in [2.75, 3.05) is 31.1 Å². The van der Waals surface area contributed by atoms with Gasteiger partial charge in [-0.3, -0.25) is 4.90 Å². The van der Waals surface area contributed by atoms with Crippen molar-refractivity contribution in [2.45, 2.75) is 108 Å². The first-order valence-corrected chi connectivity index (χ1v) is 13.2. The van der Waals surface area contributed by atoms with Crippen molar-refractivity contribution in [1.82, 2.24) is 19.8 Å². The summed E-state index contributed by atoms with van der Waals surface area (Å²) < 4.78 is 0. The SMILES string of the molecule is CCC(C)N1CC2CCC(C1)N2c1ncc(C2CCN(C3CC4(CCC4)C3)CC2)cn1. The third-order valence-electron chi connectivity index (χ3n) is 9.88. The first-order chi connectivity index (χ1) is 15.1. The summed E-state index contributed by atoms with van der Waals surface area (Å²) in [5.74, 6) is 1.64.